The van der Waals surface area contributed by atoms with E-state index in [2.05, 4.69) is 25.2 Å². The number of aromatic nitrogens is 3. The van der Waals surface area contributed by atoms with Gasteiger partial charge < -0.3 is 5.32 Å². The van der Waals surface area contributed by atoms with Gasteiger partial charge >= 0.3 is 0 Å². The molecule has 0 saturated heterocycles. The molecule has 3 rings (SSSR count). The van der Waals surface area contributed by atoms with Gasteiger partial charge in [0.05, 0.1) is 11.9 Å². The number of rotatable bonds is 3. The number of sulfonamides is 1. The molecule has 0 atom stereocenters. The van der Waals surface area contributed by atoms with Crippen LogP contribution in [-0.2, 0) is 23.0 Å². The molecular weight excluding hydrogens is 274 g/mol. The van der Waals surface area contributed by atoms with Crippen LogP contribution in [0.1, 0.15) is 10.6 Å². The minimum Gasteiger partial charge on any atom is -0.311 e. The van der Waals surface area contributed by atoms with Crippen LogP contribution in [0.15, 0.2) is 17.3 Å². The van der Waals surface area contributed by atoms with Crippen molar-refractivity contribution in [1.82, 2.24) is 20.5 Å². The lowest BCUT2D eigenvalue weighted by Gasteiger charge is -2.09. The summed E-state index contributed by atoms with van der Waals surface area (Å²) in [5.41, 5.74) is 0.976. The second-order valence-corrected chi connectivity index (χ2v) is 6.62. The van der Waals surface area contributed by atoms with Crippen molar-refractivity contribution in [2.75, 3.05) is 11.3 Å². The average Bonchev–Trinajstić information content (AvgIpc) is 2.96. The van der Waals surface area contributed by atoms with E-state index in [1.165, 1.54) is 23.7 Å². The number of aromatic amines is 1. The van der Waals surface area contributed by atoms with E-state index in [0.717, 1.165) is 30.1 Å². The minimum atomic E-state index is -3.59. The van der Waals surface area contributed by atoms with Crippen LogP contribution in [0, 0.1) is 0 Å². The molecule has 18 heavy (non-hydrogen) atoms. The van der Waals surface area contributed by atoms with Gasteiger partial charge in [0.25, 0.3) is 10.0 Å². The zero-order valence-corrected chi connectivity index (χ0v) is 10.9. The first kappa shape index (κ1) is 11.6. The number of fused-ring (bicyclic) bond motifs is 1. The van der Waals surface area contributed by atoms with Crippen LogP contribution in [0.3, 0.4) is 0 Å². The highest BCUT2D eigenvalue weighted by Gasteiger charge is 2.20. The Labute approximate surface area is 108 Å². The summed E-state index contributed by atoms with van der Waals surface area (Å²) in [7, 11) is -3.59. The maximum absolute atomic E-state index is 12.0. The van der Waals surface area contributed by atoms with Crippen molar-refractivity contribution < 1.29 is 8.42 Å². The number of H-pyrrole nitrogens is 1. The zero-order valence-electron chi connectivity index (χ0n) is 9.30. The molecule has 3 N–H and O–H groups in total. The van der Waals surface area contributed by atoms with E-state index < -0.39 is 10.0 Å². The number of nitrogens with one attached hydrogen (secondary N) is 3. The van der Waals surface area contributed by atoms with Crippen LogP contribution in [0.2, 0.25) is 0 Å². The van der Waals surface area contributed by atoms with E-state index in [1.807, 2.05) is 0 Å². The quantitative estimate of drug-likeness (QED) is 0.754. The topological polar surface area (TPSA) is 99.8 Å². The molecule has 2 aromatic heterocycles. The molecule has 1 aliphatic heterocycles. The minimum absolute atomic E-state index is 0.105. The van der Waals surface area contributed by atoms with Gasteiger partial charge in [0.15, 0.2) is 5.13 Å². The van der Waals surface area contributed by atoms with Gasteiger partial charge in [-0.05, 0) is 0 Å². The molecule has 0 unspecified atom stereocenters. The van der Waals surface area contributed by atoms with E-state index in [4.69, 9.17) is 0 Å². The van der Waals surface area contributed by atoms with Crippen molar-refractivity contribution in [2.45, 2.75) is 17.9 Å². The lowest BCUT2D eigenvalue weighted by molar-refractivity contribution is 0.601. The first-order chi connectivity index (χ1) is 8.65. The fourth-order valence-corrected chi connectivity index (χ4v) is 3.85. The fraction of sp³-hybridized carbons (Fsp3) is 0.333. The zero-order chi connectivity index (χ0) is 12.6. The average molecular weight is 285 g/mol. The van der Waals surface area contributed by atoms with Crippen molar-refractivity contribution in [3.63, 3.8) is 0 Å². The molecule has 2 aromatic rings. The van der Waals surface area contributed by atoms with Crippen LogP contribution in [0.25, 0.3) is 0 Å². The van der Waals surface area contributed by atoms with Crippen molar-refractivity contribution in [1.29, 1.82) is 0 Å². The molecule has 7 nitrogen and oxygen atoms in total. The lowest BCUT2D eigenvalue weighted by atomic mass is 10.2. The summed E-state index contributed by atoms with van der Waals surface area (Å²) in [6.07, 6.45) is 3.42. The fourth-order valence-electron chi connectivity index (χ4n) is 1.73. The Bertz CT molecular complexity index is 623. The van der Waals surface area contributed by atoms with E-state index in [1.54, 1.807) is 0 Å². The third-order valence-electron chi connectivity index (χ3n) is 2.61. The number of hydrogen-bond acceptors (Lipinski definition) is 6. The molecule has 9 heteroatoms. The normalized spacial score (nSPS) is 15.3. The maximum atomic E-state index is 12.0. The van der Waals surface area contributed by atoms with Gasteiger partial charge in [-0.2, -0.15) is 5.10 Å². The van der Waals surface area contributed by atoms with E-state index in [-0.39, 0.29) is 4.90 Å². The Morgan fingerprint density at radius 3 is 3.06 bits per heavy atom. The molecule has 0 bridgehead atoms. The van der Waals surface area contributed by atoms with Crippen molar-refractivity contribution in [2.24, 2.45) is 0 Å². The number of hydrogen-bond donors (Lipinski definition) is 3. The maximum Gasteiger partial charge on any atom is 0.266 e. The SMILES string of the molecule is O=S(=O)(Nc1nc2c(s1)CNCC2)c1cn[nH]c1. The Morgan fingerprint density at radius 1 is 1.44 bits per heavy atom. The summed E-state index contributed by atoms with van der Waals surface area (Å²) >= 11 is 1.36. The first-order valence-electron chi connectivity index (χ1n) is 5.36. The molecule has 0 radical (unpaired) electrons. The second-order valence-electron chi connectivity index (χ2n) is 3.86. The monoisotopic (exact) mass is 285 g/mol. The third kappa shape index (κ3) is 2.11. The van der Waals surface area contributed by atoms with Crippen molar-refractivity contribution >= 4 is 26.5 Å². The highest BCUT2D eigenvalue weighted by Crippen LogP contribution is 2.26. The van der Waals surface area contributed by atoms with E-state index >= 15 is 0 Å². The predicted molar refractivity (Wildman–Crippen MR) is 66.9 cm³/mol. The third-order valence-corrected chi connectivity index (χ3v) is 5.06. The molecule has 0 spiro atoms. The van der Waals surface area contributed by atoms with Crippen molar-refractivity contribution in [3.8, 4) is 0 Å². The number of anilines is 1. The molecule has 1 aliphatic rings. The van der Waals surface area contributed by atoms with E-state index in [9.17, 15) is 8.42 Å². The van der Waals surface area contributed by atoms with Gasteiger partial charge in [-0.3, -0.25) is 9.82 Å². The Balaban J connectivity index is 1.87. The number of thiazole rings is 1. The van der Waals surface area contributed by atoms with Gasteiger partial charge in [-0.15, -0.1) is 0 Å². The molecule has 0 saturated carbocycles. The molecule has 96 valence electrons. The molecular formula is C9H11N5O2S2. The van der Waals surface area contributed by atoms with Gasteiger partial charge in [0.2, 0.25) is 0 Å². The predicted octanol–water partition coefficient (Wildman–Crippen LogP) is 0.313. The van der Waals surface area contributed by atoms with Crippen LogP contribution in [0.5, 0.6) is 0 Å². The van der Waals surface area contributed by atoms with Gasteiger partial charge in [0, 0.05) is 30.6 Å². The largest absolute Gasteiger partial charge is 0.311 e. The highest BCUT2D eigenvalue weighted by atomic mass is 32.2. The summed E-state index contributed by atoms with van der Waals surface area (Å²) in [6, 6.07) is 0. The highest BCUT2D eigenvalue weighted by molar-refractivity contribution is 7.93. The summed E-state index contributed by atoms with van der Waals surface area (Å²) < 4.78 is 26.4. The molecule has 3 heterocycles. The Morgan fingerprint density at radius 2 is 2.33 bits per heavy atom. The van der Waals surface area contributed by atoms with Crippen LogP contribution in [-0.4, -0.2) is 30.1 Å². The molecule has 0 aromatic carbocycles. The summed E-state index contributed by atoms with van der Waals surface area (Å²) in [4.78, 5) is 5.50. The second kappa shape index (κ2) is 4.34. The van der Waals surface area contributed by atoms with Crippen LogP contribution < -0.4 is 10.0 Å². The first-order valence-corrected chi connectivity index (χ1v) is 7.66. The van der Waals surface area contributed by atoms with Crippen LogP contribution in [0.4, 0.5) is 5.13 Å². The standard InChI is InChI=1S/C9H11N5O2S2/c15-18(16,6-3-11-12-4-6)14-9-13-7-1-2-10-5-8(7)17-9/h3-4,10H,1-2,5H2,(H,11,12)(H,13,14). The molecule has 0 amide bonds. The van der Waals surface area contributed by atoms with Gasteiger partial charge in [0.1, 0.15) is 4.90 Å². The Kier molecular flexibility index (Phi) is 2.80. The summed E-state index contributed by atoms with van der Waals surface area (Å²) in [5.74, 6) is 0. The molecule has 0 aliphatic carbocycles. The molecule has 0 fully saturated rings. The van der Waals surface area contributed by atoms with E-state index in [0.29, 0.717) is 5.13 Å². The lowest BCUT2D eigenvalue weighted by Crippen LogP contribution is -2.22. The Hall–Kier alpha value is -1.45. The van der Waals surface area contributed by atoms with Crippen molar-refractivity contribution in [3.05, 3.63) is 23.0 Å². The smallest absolute Gasteiger partial charge is 0.266 e. The number of nitrogens with zero attached hydrogens (tertiary/aromatic N) is 2. The van der Waals surface area contributed by atoms with Gasteiger partial charge in [-0.1, -0.05) is 11.3 Å². The van der Waals surface area contributed by atoms with Gasteiger partial charge in [-0.25, -0.2) is 13.4 Å². The van der Waals surface area contributed by atoms with Crippen LogP contribution >= 0.6 is 11.3 Å². The summed E-state index contributed by atoms with van der Waals surface area (Å²) in [6.45, 7) is 1.63. The summed E-state index contributed by atoms with van der Waals surface area (Å²) in [5, 5.41) is 9.73.